The molecule has 0 amide bonds. The molecule has 1 rings (SSSR count). The molecule has 2 nitrogen and oxygen atoms in total. The summed E-state index contributed by atoms with van der Waals surface area (Å²) >= 11 is 0. The van der Waals surface area contributed by atoms with Gasteiger partial charge >= 0.3 is 0 Å². The first-order valence-corrected chi connectivity index (χ1v) is 5.89. The summed E-state index contributed by atoms with van der Waals surface area (Å²) in [6, 6.07) is 3.23. The van der Waals surface area contributed by atoms with E-state index in [-0.39, 0.29) is 12.5 Å². The van der Waals surface area contributed by atoms with Crippen molar-refractivity contribution in [3.8, 4) is 0 Å². The maximum Gasteiger partial charge on any atom is 0.126 e. The number of aliphatic hydroxyl groups excluding tert-OH is 1. The number of hydrogen-bond acceptors (Lipinski definition) is 2. The fraction of sp³-hybridized carbons (Fsp3) is 0.538. The molecule has 4 heteroatoms. The predicted molar refractivity (Wildman–Crippen MR) is 63.8 cm³/mol. The lowest BCUT2D eigenvalue weighted by molar-refractivity contribution is 0.134. The Labute approximate surface area is 101 Å². The van der Waals surface area contributed by atoms with Crippen molar-refractivity contribution in [1.29, 1.82) is 0 Å². The molecular formula is C13H19F2NO. The Morgan fingerprint density at radius 3 is 2.35 bits per heavy atom. The van der Waals surface area contributed by atoms with Gasteiger partial charge in [-0.3, -0.25) is 0 Å². The Balaban J connectivity index is 2.57. The van der Waals surface area contributed by atoms with Crippen LogP contribution in [0.2, 0.25) is 0 Å². The van der Waals surface area contributed by atoms with Crippen molar-refractivity contribution in [2.75, 3.05) is 6.54 Å². The molecule has 0 radical (unpaired) electrons. The summed E-state index contributed by atoms with van der Waals surface area (Å²) in [4.78, 5) is 0. The lowest BCUT2D eigenvalue weighted by Crippen LogP contribution is -2.38. The average Bonchev–Trinajstić information content (AvgIpc) is 2.24. The summed E-state index contributed by atoms with van der Waals surface area (Å²) in [6.07, 6.45) is 0.570. The Hall–Kier alpha value is -1.00. The topological polar surface area (TPSA) is 32.3 Å². The van der Waals surface area contributed by atoms with Gasteiger partial charge in [-0.15, -0.1) is 0 Å². The molecular weight excluding hydrogens is 224 g/mol. The van der Waals surface area contributed by atoms with Crippen molar-refractivity contribution in [2.24, 2.45) is 0 Å². The highest BCUT2D eigenvalue weighted by molar-refractivity contribution is 5.18. The summed E-state index contributed by atoms with van der Waals surface area (Å²) in [5, 5.41) is 13.0. The van der Waals surface area contributed by atoms with E-state index in [1.807, 2.05) is 13.8 Å². The van der Waals surface area contributed by atoms with Gasteiger partial charge in [0.05, 0.1) is 6.10 Å². The molecule has 17 heavy (non-hydrogen) atoms. The highest BCUT2D eigenvalue weighted by Crippen LogP contribution is 2.11. The van der Waals surface area contributed by atoms with Crippen LogP contribution in [0.15, 0.2) is 18.2 Å². The van der Waals surface area contributed by atoms with Crippen LogP contribution < -0.4 is 5.32 Å². The van der Waals surface area contributed by atoms with Crippen molar-refractivity contribution < 1.29 is 13.9 Å². The number of rotatable bonds is 6. The average molecular weight is 243 g/mol. The molecule has 96 valence electrons. The van der Waals surface area contributed by atoms with Gasteiger partial charge in [-0.25, -0.2) is 8.78 Å². The first-order chi connectivity index (χ1) is 8.02. The van der Waals surface area contributed by atoms with E-state index in [9.17, 15) is 13.9 Å². The van der Waals surface area contributed by atoms with Gasteiger partial charge in [-0.1, -0.05) is 6.92 Å². The van der Waals surface area contributed by atoms with Crippen LogP contribution in [0.3, 0.4) is 0 Å². The zero-order valence-electron chi connectivity index (χ0n) is 10.2. The zero-order chi connectivity index (χ0) is 12.8. The molecule has 2 unspecified atom stereocenters. The molecule has 0 saturated carbocycles. The summed E-state index contributed by atoms with van der Waals surface area (Å²) in [5.41, 5.74) is 0.472. The lowest BCUT2D eigenvalue weighted by atomic mass is 10.0. The minimum atomic E-state index is -0.650. The minimum Gasteiger partial charge on any atom is -0.391 e. The monoisotopic (exact) mass is 243 g/mol. The maximum absolute atomic E-state index is 12.9. The van der Waals surface area contributed by atoms with Crippen LogP contribution in [0, 0.1) is 11.6 Å². The third-order valence-electron chi connectivity index (χ3n) is 2.66. The standard InChI is InChI=1S/C13H19F2NO/c1-3-4-16-9(2)13(17)7-10-5-11(14)8-12(15)6-10/h5-6,8-9,13,16-17H,3-4,7H2,1-2H3. The summed E-state index contributed by atoms with van der Waals surface area (Å²) in [5.74, 6) is -1.22. The number of benzene rings is 1. The normalized spacial score (nSPS) is 14.6. The van der Waals surface area contributed by atoms with E-state index in [0.29, 0.717) is 5.56 Å². The van der Waals surface area contributed by atoms with Crippen molar-refractivity contribution in [1.82, 2.24) is 5.32 Å². The third-order valence-corrected chi connectivity index (χ3v) is 2.66. The molecule has 0 heterocycles. The van der Waals surface area contributed by atoms with Gasteiger partial charge in [0.2, 0.25) is 0 Å². The number of aliphatic hydroxyl groups is 1. The Morgan fingerprint density at radius 1 is 1.24 bits per heavy atom. The molecule has 0 fully saturated rings. The highest BCUT2D eigenvalue weighted by atomic mass is 19.1. The molecule has 0 spiro atoms. The van der Waals surface area contributed by atoms with E-state index in [2.05, 4.69) is 5.32 Å². The molecule has 1 aromatic rings. The fourth-order valence-electron chi connectivity index (χ4n) is 1.66. The van der Waals surface area contributed by atoms with Crippen molar-refractivity contribution in [3.05, 3.63) is 35.4 Å². The molecule has 0 aliphatic heterocycles. The second-order valence-electron chi connectivity index (χ2n) is 4.29. The van der Waals surface area contributed by atoms with Gasteiger partial charge < -0.3 is 10.4 Å². The van der Waals surface area contributed by atoms with Crippen LogP contribution in [0.25, 0.3) is 0 Å². The Bertz CT molecular complexity index is 337. The lowest BCUT2D eigenvalue weighted by Gasteiger charge is -2.20. The zero-order valence-corrected chi connectivity index (χ0v) is 10.2. The van der Waals surface area contributed by atoms with Crippen molar-refractivity contribution in [2.45, 2.75) is 38.8 Å². The second-order valence-corrected chi connectivity index (χ2v) is 4.29. The van der Waals surface area contributed by atoms with Gasteiger partial charge in [0.15, 0.2) is 0 Å². The molecule has 0 saturated heterocycles. The summed E-state index contributed by atoms with van der Waals surface area (Å²) in [6.45, 7) is 4.71. The van der Waals surface area contributed by atoms with Gasteiger partial charge in [0.25, 0.3) is 0 Å². The highest BCUT2D eigenvalue weighted by Gasteiger charge is 2.14. The van der Waals surface area contributed by atoms with Crippen LogP contribution >= 0.6 is 0 Å². The van der Waals surface area contributed by atoms with E-state index in [0.717, 1.165) is 19.0 Å². The number of nitrogens with one attached hydrogen (secondary N) is 1. The largest absolute Gasteiger partial charge is 0.391 e. The van der Waals surface area contributed by atoms with Crippen LogP contribution in [-0.4, -0.2) is 23.8 Å². The van der Waals surface area contributed by atoms with Gasteiger partial charge in [0.1, 0.15) is 11.6 Å². The number of hydrogen-bond donors (Lipinski definition) is 2. The third kappa shape index (κ3) is 4.79. The first kappa shape index (κ1) is 14.1. The molecule has 1 aromatic carbocycles. The molecule has 0 aliphatic carbocycles. The second kappa shape index (κ2) is 6.67. The van der Waals surface area contributed by atoms with E-state index in [4.69, 9.17) is 0 Å². The van der Waals surface area contributed by atoms with Gasteiger partial charge in [-0.2, -0.15) is 0 Å². The van der Waals surface area contributed by atoms with Crippen molar-refractivity contribution >= 4 is 0 Å². The van der Waals surface area contributed by atoms with Crippen LogP contribution in [0.5, 0.6) is 0 Å². The summed E-state index contributed by atoms with van der Waals surface area (Å²) in [7, 11) is 0. The van der Waals surface area contributed by atoms with Gasteiger partial charge in [-0.05, 0) is 37.6 Å². The predicted octanol–water partition coefficient (Wildman–Crippen LogP) is 2.26. The van der Waals surface area contributed by atoms with E-state index < -0.39 is 17.7 Å². The quantitative estimate of drug-likeness (QED) is 0.803. The smallest absolute Gasteiger partial charge is 0.126 e. The van der Waals surface area contributed by atoms with Crippen LogP contribution in [0.4, 0.5) is 8.78 Å². The number of halogens is 2. The summed E-state index contributed by atoms with van der Waals surface area (Å²) < 4.78 is 25.9. The fourth-order valence-corrected chi connectivity index (χ4v) is 1.66. The van der Waals surface area contributed by atoms with Crippen LogP contribution in [0.1, 0.15) is 25.8 Å². The van der Waals surface area contributed by atoms with Gasteiger partial charge in [0, 0.05) is 18.5 Å². The molecule has 0 aromatic heterocycles. The van der Waals surface area contributed by atoms with E-state index in [1.54, 1.807) is 0 Å². The molecule has 0 bridgehead atoms. The molecule has 2 N–H and O–H groups in total. The van der Waals surface area contributed by atoms with E-state index >= 15 is 0 Å². The van der Waals surface area contributed by atoms with Crippen molar-refractivity contribution in [3.63, 3.8) is 0 Å². The Kier molecular flexibility index (Phi) is 5.51. The maximum atomic E-state index is 12.9. The molecule has 2 atom stereocenters. The Morgan fingerprint density at radius 2 is 1.82 bits per heavy atom. The first-order valence-electron chi connectivity index (χ1n) is 5.89. The SMILES string of the molecule is CCCNC(C)C(O)Cc1cc(F)cc(F)c1. The van der Waals surface area contributed by atoms with Crippen LogP contribution in [-0.2, 0) is 6.42 Å². The van der Waals surface area contributed by atoms with E-state index in [1.165, 1.54) is 12.1 Å². The molecule has 0 aliphatic rings. The minimum absolute atomic E-state index is 0.0960.